The Morgan fingerprint density at radius 1 is 1.21 bits per heavy atom. The van der Waals surface area contributed by atoms with Gasteiger partial charge in [-0.25, -0.2) is 4.79 Å². The van der Waals surface area contributed by atoms with Crippen molar-refractivity contribution in [3.63, 3.8) is 0 Å². The van der Waals surface area contributed by atoms with E-state index in [1.54, 1.807) is 6.07 Å². The molecule has 0 saturated heterocycles. The Bertz CT molecular complexity index is 392. The van der Waals surface area contributed by atoms with Gasteiger partial charge in [0.1, 0.15) is 25.4 Å². The third kappa shape index (κ3) is 15.6. The largest absolute Gasteiger partial charge is 0.462 e. The van der Waals surface area contributed by atoms with Crippen LogP contribution in [0.2, 0.25) is 0 Å². The highest BCUT2D eigenvalue weighted by Gasteiger charge is 2.07. The number of nitriles is 1. The highest BCUT2D eigenvalue weighted by Crippen LogP contribution is 1.93. The number of allylic oxidation sites excluding steroid dienone is 1. The molecule has 0 radical (unpaired) electrons. The zero-order chi connectivity index (χ0) is 15.3. The molecule has 0 aliphatic carbocycles. The van der Waals surface area contributed by atoms with Crippen LogP contribution >= 0.6 is 0 Å². The van der Waals surface area contributed by atoms with Gasteiger partial charge < -0.3 is 9.47 Å². The Kier molecular flexibility index (Phi) is 12.0. The number of ether oxygens (including phenoxy) is 2. The summed E-state index contributed by atoms with van der Waals surface area (Å²) in [6.45, 7) is 9.23. The standard InChI is InChI=1S/C10H14O5.C3H3N/c1-7(2)10(13)15-5-4-14-9(12)6-8(3)11;1-2-3-4/h1,4-6H2,2-3H3;2H,1H2. The van der Waals surface area contributed by atoms with Crippen molar-refractivity contribution >= 4 is 17.7 Å². The van der Waals surface area contributed by atoms with Gasteiger partial charge in [-0.15, -0.1) is 0 Å². The van der Waals surface area contributed by atoms with Gasteiger partial charge in [0.2, 0.25) is 0 Å². The number of carbonyl (C=O) groups is 3. The number of rotatable bonds is 6. The third-order valence-electron chi connectivity index (χ3n) is 1.41. The Labute approximate surface area is 112 Å². The van der Waals surface area contributed by atoms with E-state index in [9.17, 15) is 14.4 Å². The fourth-order valence-corrected chi connectivity index (χ4v) is 0.667. The first-order chi connectivity index (χ1) is 8.84. The molecule has 0 bridgehead atoms. The second-order valence-electron chi connectivity index (χ2n) is 3.35. The van der Waals surface area contributed by atoms with Gasteiger partial charge in [0.05, 0.1) is 6.07 Å². The maximum absolute atomic E-state index is 10.8. The normalized spacial score (nSPS) is 8.05. The average Bonchev–Trinajstić information content (AvgIpc) is 2.33. The predicted octanol–water partition coefficient (Wildman–Crippen LogP) is 1.32. The van der Waals surface area contributed by atoms with Crippen molar-refractivity contribution in [2.45, 2.75) is 20.3 Å². The molecule has 0 aromatic heterocycles. The van der Waals surface area contributed by atoms with E-state index >= 15 is 0 Å². The van der Waals surface area contributed by atoms with Gasteiger partial charge in [-0.3, -0.25) is 9.59 Å². The molecule has 0 unspecified atom stereocenters. The first kappa shape index (κ1) is 18.9. The van der Waals surface area contributed by atoms with Crippen LogP contribution in [-0.4, -0.2) is 30.9 Å². The lowest BCUT2D eigenvalue weighted by Crippen LogP contribution is -2.15. The molecule has 0 aliphatic rings. The van der Waals surface area contributed by atoms with Gasteiger partial charge in [-0.2, -0.15) is 5.26 Å². The van der Waals surface area contributed by atoms with Crippen molar-refractivity contribution < 1.29 is 23.9 Å². The smallest absolute Gasteiger partial charge is 0.333 e. The first-order valence-electron chi connectivity index (χ1n) is 5.33. The van der Waals surface area contributed by atoms with Crippen LogP contribution in [0.15, 0.2) is 24.8 Å². The van der Waals surface area contributed by atoms with Crippen molar-refractivity contribution in [3.8, 4) is 6.07 Å². The lowest BCUT2D eigenvalue weighted by molar-refractivity contribution is -0.151. The molecule has 0 atom stereocenters. The Balaban J connectivity index is 0. The van der Waals surface area contributed by atoms with Crippen LogP contribution < -0.4 is 0 Å². The zero-order valence-corrected chi connectivity index (χ0v) is 11.1. The number of esters is 2. The second kappa shape index (κ2) is 12.0. The van der Waals surface area contributed by atoms with E-state index in [1.165, 1.54) is 19.9 Å². The van der Waals surface area contributed by atoms with Crippen LogP contribution in [0, 0.1) is 11.3 Å². The number of Topliss-reactive ketones (excluding diaryl/α,β-unsaturated/α-hetero) is 1. The van der Waals surface area contributed by atoms with Crippen LogP contribution in [0.1, 0.15) is 20.3 Å². The summed E-state index contributed by atoms with van der Waals surface area (Å²) < 4.78 is 9.27. The second-order valence-corrected chi connectivity index (χ2v) is 3.35. The quantitative estimate of drug-likeness (QED) is 0.237. The molecule has 0 aromatic carbocycles. The van der Waals surface area contributed by atoms with E-state index in [1.807, 2.05) is 0 Å². The number of hydrogen-bond donors (Lipinski definition) is 0. The highest BCUT2D eigenvalue weighted by atomic mass is 16.6. The van der Waals surface area contributed by atoms with E-state index in [2.05, 4.69) is 22.6 Å². The van der Waals surface area contributed by atoms with E-state index in [4.69, 9.17) is 5.26 Å². The lowest BCUT2D eigenvalue weighted by atomic mass is 10.3. The Morgan fingerprint density at radius 2 is 1.68 bits per heavy atom. The molecule has 6 nitrogen and oxygen atoms in total. The molecule has 0 saturated carbocycles. The van der Waals surface area contributed by atoms with E-state index < -0.39 is 11.9 Å². The topological polar surface area (TPSA) is 93.5 Å². The SMILES string of the molecule is C=C(C)C(=O)OCCOC(=O)CC(C)=O.C=CC#N. The molecule has 0 heterocycles. The van der Waals surface area contributed by atoms with Crippen molar-refractivity contribution in [1.29, 1.82) is 5.26 Å². The van der Waals surface area contributed by atoms with Gasteiger partial charge in [0, 0.05) is 11.6 Å². The summed E-state index contributed by atoms with van der Waals surface area (Å²) in [6.07, 6.45) is 0.925. The number of carbonyl (C=O) groups excluding carboxylic acids is 3. The number of hydrogen-bond acceptors (Lipinski definition) is 6. The molecule has 0 aromatic rings. The Morgan fingerprint density at radius 3 is 2.05 bits per heavy atom. The van der Waals surface area contributed by atoms with Crippen molar-refractivity contribution in [1.82, 2.24) is 0 Å². The molecular formula is C13H17NO5. The molecule has 0 spiro atoms. The minimum atomic E-state index is -0.617. The summed E-state index contributed by atoms with van der Waals surface area (Å²) in [7, 11) is 0. The number of ketones is 1. The minimum Gasteiger partial charge on any atom is -0.462 e. The molecule has 104 valence electrons. The summed E-state index contributed by atoms with van der Waals surface area (Å²) in [5.41, 5.74) is 0.282. The van der Waals surface area contributed by atoms with Crippen LogP contribution in [0.25, 0.3) is 0 Å². The fraction of sp³-hybridized carbons (Fsp3) is 0.385. The summed E-state index contributed by atoms with van der Waals surface area (Å²) >= 11 is 0. The first-order valence-corrected chi connectivity index (χ1v) is 5.33. The maximum atomic E-state index is 10.8. The number of nitrogens with zero attached hydrogens (tertiary/aromatic N) is 1. The van der Waals surface area contributed by atoms with Gasteiger partial charge >= 0.3 is 11.9 Å². The van der Waals surface area contributed by atoms with Crippen LogP contribution in [0.3, 0.4) is 0 Å². The van der Waals surface area contributed by atoms with Gasteiger partial charge in [-0.1, -0.05) is 13.2 Å². The molecule has 0 rings (SSSR count). The Hall–Kier alpha value is -2.42. The molecule has 0 N–H and O–H groups in total. The monoisotopic (exact) mass is 267 g/mol. The molecule has 0 fully saturated rings. The van der Waals surface area contributed by atoms with E-state index in [0.717, 1.165) is 0 Å². The minimum absolute atomic E-state index is 0.0324. The van der Waals surface area contributed by atoms with Gasteiger partial charge in [0.15, 0.2) is 0 Å². The molecule has 6 heteroatoms. The average molecular weight is 267 g/mol. The van der Waals surface area contributed by atoms with Crippen molar-refractivity contribution in [2.75, 3.05) is 13.2 Å². The third-order valence-corrected chi connectivity index (χ3v) is 1.41. The van der Waals surface area contributed by atoms with Crippen molar-refractivity contribution in [3.05, 3.63) is 24.8 Å². The zero-order valence-electron chi connectivity index (χ0n) is 11.1. The molecule has 0 amide bonds. The van der Waals surface area contributed by atoms with Crippen molar-refractivity contribution in [2.24, 2.45) is 0 Å². The highest BCUT2D eigenvalue weighted by molar-refractivity contribution is 5.94. The summed E-state index contributed by atoms with van der Waals surface area (Å²) in [6, 6.07) is 1.69. The maximum Gasteiger partial charge on any atom is 0.333 e. The molecule has 19 heavy (non-hydrogen) atoms. The molecule has 0 aliphatic heterocycles. The van der Waals surface area contributed by atoms with Gasteiger partial charge in [0.25, 0.3) is 0 Å². The fourth-order valence-electron chi connectivity index (χ4n) is 0.667. The predicted molar refractivity (Wildman–Crippen MR) is 67.8 cm³/mol. The van der Waals surface area contributed by atoms with Crippen LogP contribution in [-0.2, 0) is 23.9 Å². The molecular weight excluding hydrogens is 250 g/mol. The van der Waals surface area contributed by atoms with Crippen LogP contribution in [0.4, 0.5) is 0 Å². The summed E-state index contributed by atoms with van der Waals surface area (Å²) in [5, 5.41) is 7.51. The summed E-state index contributed by atoms with van der Waals surface area (Å²) in [5.74, 6) is -1.41. The van der Waals surface area contributed by atoms with Crippen LogP contribution in [0.5, 0.6) is 0 Å². The van der Waals surface area contributed by atoms with E-state index in [-0.39, 0.29) is 31.0 Å². The van der Waals surface area contributed by atoms with E-state index in [0.29, 0.717) is 0 Å². The summed E-state index contributed by atoms with van der Waals surface area (Å²) in [4.78, 5) is 32.2. The lowest BCUT2D eigenvalue weighted by Gasteiger charge is -2.05. The van der Waals surface area contributed by atoms with Gasteiger partial charge in [-0.05, 0) is 13.8 Å².